The van der Waals surface area contributed by atoms with Gasteiger partial charge in [0, 0.05) is 6.54 Å². The van der Waals surface area contributed by atoms with E-state index in [-0.39, 0.29) is 0 Å². The van der Waals surface area contributed by atoms with Crippen molar-refractivity contribution < 1.29 is 34.2 Å². The average Bonchev–Trinajstić information content (AvgIpc) is 3.00. The molecule has 6 N–H and O–H groups in total. The number of aliphatic carboxylic acids is 2. The Hall–Kier alpha value is -2.69. The lowest BCUT2D eigenvalue weighted by Gasteiger charge is -2.27. The lowest BCUT2D eigenvalue weighted by molar-refractivity contribution is -0.143. The third kappa shape index (κ3) is 6.03. The number of hydrogen-bond acceptors (Lipinski definition) is 6. The summed E-state index contributed by atoms with van der Waals surface area (Å²) in [5.41, 5.74) is 5.43. The Kier molecular flexibility index (Phi) is 7.30. The number of nitrogens with zero attached hydrogens (tertiary/aromatic N) is 1. The molecule has 0 bridgehead atoms. The van der Waals surface area contributed by atoms with Crippen LogP contribution in [0.2, 0.25) is 0 Å². The molecule has 0 radical (unpaired) electrons. The molecule has 0 aromatic rings. The number of amides is 3. The summed E-state index contributed by atoms with van der Waals surface area (Å²) in [4.78, 5) is 58.5. The molecule has 1 aliphatic rings. The van der Waals surface area contributed by atoms with Gasteiger partial charge in [0.2, 0.25) is 17.7 Å². The van der Waals surface area contributed by atoms with Gasteiger partial charge in [-0.15, -0.1) is 0 Å². The largest absolute Gasteiger partial charge is 0.481 e. The second kappa shape index (κ2) is 8.97. The normalized spacial score (nSPS) is 19.0. The molecule has 1 fully saturated rings. The van der Waals surface area contributed by atoms with E-state index in [9.17, 15) is 24.0 Å². The fourth-order valence-corrected chi connectivity index (χ4v) is 2.50. The molecule has 1 heterocycles. The molecule has 1 saturated heterocycles. The maximum atomic E-state index is 12.4. The van der Waals surface area contributed by atoms with Gasteiger partial charge in [-0.1, -0.05) is 0 Å². The fourth-order valence-electron chi connectivity index (χ4n) is 2.50. The van der Waals surface area contributed by atoms with Crippen LogP contribution >= 0.6 is 0 Å². The minimum Gasteiger partial charge on any atom is -0.481 e. The predicted octanol–water partition coefficient (Wildman–Crippen LogP) is -2.52. The fraction of sp³-hybridized carbons (Fsp3) is 0.643. The molecule has 3 unspecified atom stereocenters. The van der Waals surface area contributed by atoms with Crippen LogP contribution in [-0.4, -0.2) is 76.0 Å². The number of rotatable bonds is 8. The molecule has 0 saturated carbocycles. The molecular formula is C14H22N4O7. The van der Waals surface area contributed by atoms with E-state index < -0.39 is 60.8 Å². The zero-order valence-corrected chi connectivity index (χ0v) is 13.7. The lowest BCUT2D eigenvalue weighted by Crippen LogP contribution is -2.55. The first kappa shape index (κ1) is 20.4. The topological polar surface area (TPSA) is 179 Å². The summed E-state index contributed by atoms with van der Waals surface area (Å²) >= 11 is 0. The maximum Gasteiger partial charge on any atom is 0.322 e. The van der Waals surface area contributed by atoms with E-state index in [1.165, 1.54) is 11.8 Å². The van der Waals surface area contributed by atoms with Crippen molar-refractivity contribution in [3.05, 3.63) is 0 Å². The third-order valence-electron chi connectivity index (χ3n) is 3.71. The van der Waals surface area contributed by atoms with E-state index in [1.807, 2.05) is 0 Å². The number of carboxylic acid groups (broad SMARTS) is 2. The van der Waals surface area contributed by atoms with Crippen molar-refractivity contribution in [3.63, 3.8) is 0 Å². The highest BCUT2D eigenvalue weighted by atomic mass is 16.4. The first-order valence-electron chi connectivity index (χ1n) is 7.71. The maximum absolute atomic E-state index is 12.4. The monoisotopic (exact) mass is 358 g/mol. The van der Waals surface area contributed by atoms with Crippen LogP contribution in [0.25, 0.3) is 0 Å². The highest BCUT2D eigenvalue weighted by Crippen LogP contribution is 2.18. The summed E-state index contributed by atoms with van der Waals surface area (Å²) in [5.74, 6) is -4.32. The van der Waals surface area contributed by atoms with E-state index in [4.69, 9.17) is 15.9 Å². The van der Waals surface area contributed by atoms with Crippen molar-refractivity contribution in [1.82, 2.24) is 15.5 Å². The lowest BCUT2D eigenvalue weighted by atomic mass is 10.1. The summed E-state index contributed by atoms with van der Waals surface area (Å²) in [6.45, 7) is 1.15. The third-order valence-corrected chi connectivity index (χ3v) is 3.71. The molecule has 0 spiro atoms. The number of likely N-dealkylation sites (tertiary alicyclic amines) is 1. The zero-order chi connectivity index (χ0) is 19.1. The smallest absolute Gasteiger partial charge is 0.322 e. The number of carbonyl (C=O) groups excluding carboxylic acids is 3. The van der Waals surface area contributed by atoms with Gasteiger partial charge in [-0.25, -0.2) is 0 Å². The van der Waals surface area contributed by atoms with Gasteiger partial charge in [-0.3, -0.25) is 24.0 Å². The SMILES string of the molecule is CC(NC(=O)C(N)CC(=O)O)C(=O)N1CCCC1C(=O)NCC(=O)O. The van der Waals surface area contributed by atoms with Crippen molar-refractivity contribution in [2.75, 3.05) is 13.1 Å². The van der Waals surface area contributed by atoms with Crippen LogP contribution in [0.5, 0.6) is 0 Å². The van der Waals surface area contributed by atoms with Gasteiger partial charge in [0.15, 0.2) is 0 Å². The van der Waals surface area contributed by atoms with E-state index in [0.717, 1.165) is 0 Å². The van der Waals surface area contributed by atoms with Crippen molar-refractivity contribution in [3.8, 4) is 0 Å². The minimum atomic E-state index is -1.29. The average molecular weight is 358 g/mol. The highest BCUT2D eigenvalue weighted by molar-refractivity contribution is 5.94. The minimum absolute atomic E-state index is 0.297. The van der Waals surface area contributed by atoms with Gasteiger partial charge in [-0.2, -0.15) is 0 Å². The van der Waals surface area contributed by atoms with Crippen LogP contribution in [0.1, 0.15) is 26.2 Å². The first-order chi connectivity index (χ1) is 11.6. The Bertz CT molecular complexity index is 565. The Morgan fingerprint density at radius 1 is 1.20 bits per heavy atom. The van der Waals surface area contributed by atoms with Crippen LogP contribution in [0.15, 0.2) is 0 Å². The molecule has 11 heteroatoms. The van der Waals surface area contributed by atoms with Gasteiger partial charge >= 0.3 is 11.9 Å². The summed E-state index contributed by atoms with van der Waals surface area (Å²) in [6, 6.07) is -3.10. The van der Waals surface area contributed by atoms with Crippen LogP contribution in [0.4, 0.5) is 0 Å². The molecule has 0 aromatic heterocycles. The molecule has 140 valence electrons. The quantitative estimate of drug-likeness (QED) is 0.315. The van der Waals surface area contributed by atoms with Crippen molar-refractivity contribution in [2.45, 2.75) is 44.3 Å². The molecule has 11 nitrogen and oxygen atoms in total. The second-order valence-corrected chi connectivity index (χ2v) is 5.74. The molecule has 1 aliphatic heterocycles. The Morgan fingerprint density at radius 2 is 1.84 bits per heavy atom. The van der Waals surface area contributed by atoms with E-state index in [2.05, 4.69) is 10.6 Å². The number of nitrogens with two attached hydrogens (primary N) is 1. The molecule has 0 aromatic carbocycles. The first-order valence-corrected chi connectivity index (χ1v) is 7.71. The van der Waals surface area contributed by atoms with Crippen LogP contribution in [-0.2, 0) is 24.0 Å². The Morgan fingerprint density at radius 3 is 2.40 bits per heavy atom. The van der Waals surface area contributed by atoms with E-state index in [0.29, 0.717) is 19.4 Å². The standard InChI is InChI=1S/C14H22N4O7/c1-7(17-12(23)8(15)5-10(19)20)14(25)18-4-2-3-9(18)13(24)16-6-11(21)22/h7-9H,2-6,15H2,1H3,(H,16,24)(H,17,23)(H,19,20)(H,21,22). The number of carboxylic acids is 2. The van der Waals surface area contributed by atoms with Crippen LogP contribution < -0.4 is 16.4 Å². The summed E-state index contributed by atoms with van der Waals surface area (Å²) in [7, 11) is 0. The zero-order valence-electron chi connectivity index (χ0n) is 13.7. The molecule has 3 atom stereocenters. The number of hydrogen-bond donors (Lipinski definition) is 5. The van der Waals surface area contributed by atoms with E-state index in [1.54, 1.807) is 0 Å². The highest BCUT2D eigenvalue weighted by Gasteiger charge is 2.36. The van der Waals surface area contributed by atoms with Gasteiger partial charge in [0.1, 0.15) is 18.6 Å². The summed E-state index contributed by atoms with van der Waals surface area (Å²) in [6.07, 6.45) is 0.378. The Labute approximate surface area is 143 Å². The van der Waals surface area contributed by atoms with Gasteiger partial charge in [-0.05, 0) is 19.8 Å². The predicted molar refractivity (Wildman–Crippen MR) is 83.2 cm³/mol. The Balaban J connectivity index is 2.64. The van der Waals surface area contributed by atoms with Crippen molar-refractivity contribution in [1.29, 1.82) is 0 Å². The van der Waals surface area contributed by atoms with Gasteiger partial charge in [0.25, 0.3) is 0 Å². The van der Waals surface area contributed by atoms with Crippen LogP contribution in [0, 0.1) is 0 Å². The van der Waals surface area contributed by atoms with Crippen LogP contribution in [0.3, 0.4) is 0 Å². The number of carbonyl (C=O) groups is 5. The molecular weight excluding hydrogens is 336 g/mol. The summed E-state index contributed by atoms with van der Waals surface area (Å²) in [5, 5.41) is 21.7. The summed E-state index contributed by atoms with van der Waals surface area (Å²) < 4.78 is 0. The molecule has 1 rings (SSSR count). The number of nitrogens with one attached hydrogen (secondary N) is 2. The van der Waals surface area contributed by atoms with Gasteiger partial charge in [0.05, 0.1) is 12.5 Å². The van der Waals surface area contributed by atoms with E-state index >= 15 is 0 Å². The van der Waals surface area contributed by atoms with Gasteiger partial charge < -0.3 is 31.5 Å². The molecule has 3 amide bonds. The van der Waals surface area contributed by atoms with Crippen molar-refractivity contribution >= 4 is 29.7 Å². The second-order valence-electron chi connectivity index (χ2n) is 5.74. The molecule has 0 aliphatic carbocycles. The van der Waals surface area contributed by atoms with Crippen molar-refractivity contribution in [2.24, 2.45) is 5.73 Å². The molecule has 25 heavy (non-hydrogen) atoms.